The van der Waals surface area contributed by atoms with E-state index in [9.17, 15) is 24.3 Å². The lowest BCUT2D eigenvalue weighted by Gasteiger charge is -2.21. The van der Waals surface area contributed by atoms with Gasteiger partial charge < -0.3 is 26.5 Å². The maximum atomic E-state index is 12.7. The standard InChI is InChI=1S/C21H28N4O5/c1-12(2)9-19(27)24-16(7-8-18(22)26)20(28)25-17(21(29)30)10-13-11-23-15-6-4-3-5-14(13)15/h3-6,11-12,16-17,23H,7-10H2,1-2H3,(H2,22,26)(H,24,27)(H,25,28)(H,29,30)/t16-,17-/m0/s1. The smallest absolute Gasteiger partial charge is 0.326 e. The molecule has 30 heavy (non-hydrogen) atoms. The summed E-state index contributed by atoms with van der Waals surface area (Å²) < 4.78 is 0. The lowest BCUT2D eigenvalue weighted by atomic mass is 10.0. The van der Waals surface area contributed by atoms with Gasteiger partial charge in [-0.2, -0.15) is 0 Å². The van der Waals surface area contributed by atoms with E-state index in [1.54, 1.807) is 6.20 Å². The summed E-state index contributed by atoms with van der Waals surface area (Å²) in [5, 5.41) is 15.5. The molecule has 1 aromatic heterocycles. The van der Waals surface area contributed by atoms with E-state index < -0.39 is 29.9 Å². The lowest BCUT2D eigenvalue weighted by molar-refractivity contribution is -0.142. The quantitative estimate of drug-likeness (QED) is 0.371. The number of aromatic amines is 1. The molecule has 2 aromatic rings. The Bertz CT molecular complexity index is 921. The van der Waals surface area contributed by atoms with Crippen molar-refractivity contribution in [2.24, 2.45) is 11.7 Å². The van der Waals surface area contributed by atoms with E-state index in [1.165, 1.54) is 0 Å². The van der Waals surface area contributed by atoms with E-state index in [4.69, 9.17) is 5.73 Å². The number of nitrogens with two attached hydrogens (primary N) is 1. The van der Waals surface area contributed by atoms with Crippen molar-refractivity contribution in [3.05, 3.63) is 36.0 Å². The Morgan fingerprint density at radius 1 is 1.10 bits per heavy atom. The molecule has 9 nitrogen and oxygen atoms in total. The van der Waals surface area contributed by atoms with Gasteiger partial charge in [0.2, 0.25) is 17.7 Å². The molecule has 0 unspecified atom stereocenters. The van der Waals surface area contributed by atoms with Gasteiger partial charge in [-0.1, -0.05) is 32.0 Å². The maximum Gasteiger partial charge on any atom is 0.326 e. The average Bonchev–Trinajstić information content (AvgIpc) is 3.06. The molecule has 0 aliphatic carbocycles. The number of benzene rings is 1. The molecule has 1 aromatic carbocycles. The molecule has 0 bridgehead atoms. The van der Waals surface area contributed by atoms with Gasteiger partial charge in [-0.05, 0) is 24.0 Å². The van der Waals surface area contributed by atoms with Gasteiger partial charge in [0.15, 0.2) is 0 Å². The highest BCUT2D eigenvalue weighted by Crippen LogP contribution is 2.19. The van der Waals surface area contributed by atoms with Crippen LogP contribution in [0.4, 0.5) is 0 Å². The van der Waals surface area contributed by atoms with Crippen molar-refractivity contribution < 1.29 is 24.3 Å². The second kappa shape index (κ2) is 10.4. The van der Waals surface area contributed by atoms with E-state index in [0.29, 0.717) is 0 Å². The monoisotopic (exact) mass is 416 g/mol. The summed E-state index contributed by atoms with van der Waals surface area (Å²) in [6.45, 7) is 3.72. The molecule has 0 spiro atoms. The minimum Gasteiger partial charge on any atom is -0.480 e. The number of fused-ring (bicyclic) bond motifs is 1. The molecule has 0 radical (unpaired) electrons. The van der Waals surface area contributed by atoms with Gasteiger partial charge >= 0.3 is 5.97 Å². The summed E-state index contributed by atoms with van der Waals surface area (Å²) in [5.74, 6) is -2.74. The highest BCUT2D eigenvalue weighted by atomic mass is 16.4. The second-order valence-electron chi connectivity index (χ2n) is 7.69. The zero-order valence-electron chi connectivity index (χ0n) is 17.1. The summed E-state index contributed by atoms with van der Waals surface area (Å²) in [6, 6.07) is 5.20. The number of para-hydroxylation sites is 1. The number of aromatic nitrogens is 1. The number of H-pyrrole nitrogens is 1. The van der Waals surface area contributed by atoms with E-state index in [-0.39, 0.29) is 37.5 Å². The van der Waals surface area contributed by atoms with E-state index in [1.807, 2.05) is 38.1 Å². The van der Waals surface area contributed by atoms with Crippen molar-refractivity contribution in [3.8, 4) is 0 Å². The maximum absolute atomic E-state index is 12.7. The summed E-state index contributed by atoms with van der Waals surface area (Å²) in [5.41, 5.74) is 6.77. The molecule has 6 N–H and O–H groups in total. The Balaban J connectivity index is 2.12. The highest BCUT2D eigenvalue weighted by Gasteiger charge is 2.27. The van der Waals surface area contributed by atoms with E-state index in [2.05, 4.69) is 15.6 Å². The number of hydrogen-bond acceptors (Lipinski definition) is 4. The van der Waals surface area contributed by atoms with Gasteiger partial charge in [0.25, 0.3) is 0 Å². The van der Waals surface area contributed by atoms with Crippen molar-refractivity contribution in [2.45, 2.75) is 51.6 Å². The van der Waals surface area contributed by atoms with Crippen molar-refractivity contribution in [1.82, 2.24) is 15.6 Å². The first-order chi connectivity index (χ1) is 14.2. The molecule has 1 heterocycles. The largest absolute Gasteiger partial charge is 0.480 e. The average molecular weight is 416 g/mol. The third kappa shape index (κ3) is 6.61. The minimum atomic E-state index is -1.20. The van der Waals surface area contributed by atoms with Crippen LogP contribution in [0.2, 0.25) is 0 Å². The fourth-order valence-electron chi connectivity index (χ4n) is 3.17. The molecule has 3 amide bonds. The van der Waals surface area contributed by atoms with Crippen LogP contribution in [-0.2, 0) is 25.6 Å². The summed E-state index contributed by atoms with van der Waals surface area (Å²) in [7, 11) is 0. The summed E-state index contributed by atoms with van der Waals surface area (Å²) in [6.07, 6.45) is 1.86. The van der Waals surface area contributed by atoms with Crippen LogP contribution in [0.5, 0.6) is 0 Å². The molecule has 0 fully saturated rings. The normalized spacial score (nSPS) is 13.0. The number of carboxylic acids is 1. The first kappa shape index (κ1) is 22.9. The van der Waals surface area contributed by atoms with Gasteiger partial charge in [0, 0.05) is 36.4 Å². The van der Waals surface area contributed by atoms with Gasteiger partial charge in [0.05, 0.1) is 0 Å². The third-order valence-electron chi connectivity index (χ3n) is 4.64. The van der Waals surface area contributed by atoms with Crippen LogP contribution in [0.3, 0.4) is 0 Å². The first-order valence-electron chi connectivity index (χ1n) is 9.83. The van der Waals surface area contributed by atoms with Gasteiger partial charge in [0.1, 0.15) is 12.1 Å². The number of rotatable bonds is 11. The number of nitrogens with one attached hydrogen (secondary N) is 3. The lowest BCUT2D eigenvalue weighted by Crippen LogP contribution is -2.52. The Morgan fingerprint density at radius 3 is 2.43 bits per heavy atom. The fraction of sp³-hybridized carbons (Fsp3) is 0.429. The zero-order chi connectivity index (χ0) is 22.3. The van der Waals surface area contributed by atoms with Crippen molar-refractivity contribution >= 4 is 34.6 Å². The van der Waals surface area contributed by atoms with Crippen molar-refractivity contribution in [1.29, 1.82) is 0 Å². The van der Waals surface area contributed by atoms with Crippen LogP contribution in [0, 0.1) is 5.92 Å². The Hall–Kier alpha value is -3.36. The van der Waals surface area contributed by atoms with Crippen LogP contribution in [0.25, 0.3) is 10.9 Å². The van der Waals surface area contributed by atoms with Crippen LogP contribution >= 0.6 is 0 Å². The Kier molecular flexibility index (Phi) is 7.97. The molecule has 0 aliphatic rings. The number of carbonyl (C=O) groups is 4. The van der Waals surface area contributed by atoms with Crippen LogP contribution in [-0.4, -0.2) is 45.9 Å². The second-order valence-corrected chi connectivity index (χ2v) is 7.69. The summed E-state index contributed by atoms with van der Waals surface area (Å²) in [4.78, 5) is 50.8. The third-order valence-corrected chi connectivity index (χ3v) is 4.64. The fourth-order valence-corrected chi connectivity index (χ4v) is 3.17. The molecule has 0 saturated heterocycles. The van der Waals surface area contributed by atoms with Gasteiger partial charge in [-0.15, -0.1) is 0 Å². The molecule has 9 heteroatoms. The minimum absolute atomic E-state index is 0.00950. The number of primary amides is 1. The topological polar surface area (TPSA) is 154 Å². The molecule has 0 aliphatic heterocycles. The predicted octanol–water partition coefficient (Wildman–Crippen LogP) is 1.08. The molecular formula is C21H28N4O5. The highest BCUT2D eigenvalue weighted by molar-refractivity contribution is 5.91. The zero-order valence-corrected chi connectivity index (χ0v) is 17.1. The van der Waals surface area contributed by atoms with Crippen molar-refractivity contribution in [2.75, 3.05) is 0 Å². The van der Waals surface area contributed by atoms with Crippen LogP contribution < -0.4 is 16.4 Å². The first-order valence-corrected chi connectivity index (χ1v) is 9.83. The molecule has 2 atom stereocenters. The molecule has 162 valence electrons. The van der Waals surface area contributed by atoms with E-state index >= 15 is 0 Å². The molecule has 2 rings (SSSR count). The van der Waals surface area contributed by atoms with Crippen LogP contribution in [0.1, 0.15) is 38.7 Å². The number of carbonyl (C=O) groups excluding carboxylic acids is 3. The van der Waals surface area contributed by atoms with E-state index in [0.717, 1.165) is 16.5 Å². The number of aliphatic carboxylic acids is 1. The number of carboxylic acid groups (broad SMARTS) is 1. The van der Waals surface area contributed by atoms with Crippen molar-refractivity contribution in [3.63, 3.8) is 0 Å². The number of amides is 3. The number of hydrogen-bond donors (Lipinski definition) is 5. The molecule has 0 saturated carbocycles. The SMILES string of the molecule is CC(C)CC(=O)N[C@@H](CCC(N)=O)C(=O)N[C@@H](Cc1c[nH]c2ccccc12)C(=O)O. The Labute approximate surface area is 174 Å². The Morgan fingerprint density at radius 2 is 1.80 bits per heavy atom. The van der Waals surface area contributed by atoms with Gasteiger partial charge in [-0.3, -0.25) is 14.4 Å². The van der Waals surface area contributed by atoms with Crippen LogP contribution in [0.15, 0.2) is 30.5 Å². The van der Waals surface area contributed by atoms with Gasteiger partial charge in [-0.25, -0.2) is 4.79 Å². The summed E-state index contributed by atoms with van der Waals surface area (Å²) >= 11 is 0. The molecular weight excluding hydrogens is 388 g/mol. The predicted molar refractivity (Wildman–Crippen MR) is 111 cm³/mol.